The molecular formula is C18H23ClN6OS. The molecule has 7 nitrogen and oxygen atoms in total. The van der Waals surface area contributed by atoms with Gasteiger partial charge in [0.1, 0.15) is 5.75 Å². The number of halogens is 1. The minimum absolute atomic E-state index is 0.537. The van der Waals surface area contributed by atoms with Gasteiger partial charge in [-0.05, 0) is 25.0 Å². The van der Waals surface area contributed by atoms with Crippen LogP contribution in [0.25, 0.3) is 11.2 Å². The molecule has 0 spiro atoms. The van der Waals surface area contributed by atoms with Gasteiger partial charge in [0.05, 0.1) is 29.5 Å². The highest BCUT2D eigenvalue weighted by molar-refractivity contribution is 7.00. The average molecular weight is 407 g/mol. The van der Waals surface area contributed by atoms with Gasteiger partial charge < -0.3 is 14.5 Å². The zero-order valence-corrected chi connectivity index (χ0v) is 17.5. The maximum atomic E-state index is 6.44. The third kappa shape index (κ3) is 4.06. The Balaban J connectivity index is 2.06. The molecule has 0 radical (unpaired) electrons. The highest BCUT2D eigenvalue weighted by Crippen LogP contribution is 2.34. The normalized spacial score (nSPS) is 11.0. The molecule has 0 aliphatic carbocycles. The van der Waals surface area contributed by atoms with Crippen LogP contribution in [0.5, 0.6) is 5.75 Å². The highest BCUT2D eigenvalue weighted by atomic mass is 35.5. The number of nitrogens with zero attached hydrogens (tertiary/aromatic N) is 6. The SMILES string of the molecule is CCCN(CCC)c1nc(N(C)c2ccc(OC)cc2Cl)nc2nsnc12. The molecule has 2 aromatic heterocycles. The van der Waals surface area contributed by atoms with Crippen LogP contribution in [0.1, 0.15) is 26.7 Å². The second-order valence-electron chi connectivity index (χ2n) is 6.15. The molecule has 0 bridgehead atoms. The van der Waals surface area contributed by atoms with Gasteiger partial charge in [0.25, 0.3) is 0 Å². The standard InChI is InChI=1S/C18H23ClN6OS/c1-5-9-25(10-6-2)17-15-16(23-27-22-15)20-18(21-17)24(3)14-8-7-12(26-4)11-13(14)19/h7-8,11H,5-6,9-10H2,1-4H3. The molecule has 0 saturated heterocycles. The summed E-state index contributed by atoms with van der Waals surface area (Å²) in [5.74, 6) is 2.06. The Morgan fingerprint density at radius 1 is 1.11 bits per heavy atom. The lowest BCUT2D eigenvalue weighted by atomic mass is 10.3. The van der Waals surface area contributed by atoms with Gasteiger partial charge in [0.2, 0.25) is 11.6 Å². The van der Waals surface area contributed by atoms with Gasteiger partial charge in [0, 0.05) is 26.2 Å². The van der Waals surface area contributed by atoms with E-state index in [1.807, 2.05) is 24.1 Å². The average Bonchev–Trinajstić information content (AvgIpc) is 3.15. The number of rotatable bonds is 8. The van der Waals surface area contributed by atoms with E-state index in [2.05, 4.69) is 32.5 Å². The lowest BCUT2D eigenvalue weighted by molar-refractivity contribution is 0.415. The van der Waals surface area contributed by atoms with Crippen molar-refractivity contribution in [2.24, 2.45) is 0 Å². The van der Waals surface area contributed by atoms with Crippen LogP contribution in [0.2, 0.25) is 5.02 Å². The number of anilines is 3. The van der Waals surface area contributed by atoms with Gasteiger partial charge in [-0.3, -0.25) is 0 Å². The number of aromatic nitrogens is 4. The molecule has 2 heterocycles. The molecule has 1 aromatic carbocycles. The molecule has 144 valence electrons. The molecule has 0 aliphatic rings. The van der Waals surface area contributed by atoms with Crippen molar-refractivity contribution >= 4 is 51.9 Å². The van der Waals surface area contributed by atoms with Crippen LogP contribution in [0.4, 0.5) is 17.5 Å². The summed E-state index contributed by atoms with van der Waals surface area (Å²) in [6.07, 6.45) is 2.05. The molecule has 0 atom stereocenters. The fourth-order valence-corrected chi connectivity index (χ4v) is 3.68. The summed E-state index contributed by atoms with van der Waals surface area (Å²) in [6, 6.07) is 5.53. The molecule has 0 amide bonds. The van der Waals surface area contributed by atoms with Crippen LogP contribution in [0, 0.1) is 0 Å². The smallest absolute Gasteiger partial charge is 0.233 e. The van der Waals surface area contributed by atoms with Crippen molar-refractivity contribution in [1.82, 2.24) is 18.7 Å². The van der Waals surface area contributed by atoms with Gasteiger partial charge in [-0.15, -0.1) is 0 Å². The summed E-state index contributed by atoms with van der Waals surface area (Å²) >= 11 is 7.59. The first-order valence-electron chi connectivity index (χ1n) is 8.91. The summed E-state index contributed by atoms with van der Waals surface area (Å²) in [5, 5.41) is 0.567. The van der Waals surface area contributed by atoms with Crippen molar-refractivity contribution < 1.29 is 4.74 Å². The van der Waals surface area contributed by atoms with Crippen LogP contribution in [-0.2, 0) is 0 Å². The molecule has 0 N–H and O–H groups in total. The summed E-state index contributed by atoms with van der Waals surface area (Å²) in [7, 11) is 3.51. The van der Waals surface area contributed by atoms with E-state index in [4.69, 9.17) is 21.3 Å². The lowest BCUT2D eigenvalue weighted by Gasteiger charge is -2.25. The Morgan fingerprint density at radius 2 is 1.85 bits per heavy atom. The van der Waals surface area contributed by atoms with E-state index in [1.165, 1.54) is 0 Å². The number of ether oxygens (including phenoxy) is 1. The maximum absolute atomic E-state index is 6.44. The Morgan fingerprint density at radius 3 is 2.48 bits per heavy atom. The Labute approximate surface area is 168 Å². The molecule has 27 heavy (non-hydrogen) atoms. The Hall–Kier alpha value is -2.19. The van der Waals surface area contributed by atoms with Crippen LogP contribution in [0.15, 0.2) is 18.2 Å². The first-order chi connectivity index (χ1) is 13.1. The zero-order chi connectivity index (χ0) is 19.4. The molecular weight excluding hydrogens is 384 g/mol. The summed E-state index contributed by atoms with van der Waals surface area (Å²) in [4.78, 5) is 13.5. The fourth-order valence-electron chi connectivity index (χ4n) is 2.89. The number of hydrogen-bond donors (Lipinski definition) is 0. The predicted molar refractivity (Wildman–Crippen MR) is 112 cm³/mol. The van der Waals surface area contributed by atoms with E-state index >= 15 is 0 Å². The van der Waals surface area contributed by atoms with Crippen LogP contribution in [0.3, 0.4) is 0 Å². The van der Waals surface area contributed by atoms with Gasteiger partial charge in [-0.1, -0.05) is 25.4 Å². The Kier molecular flexibility index (Phi) is 6.28. The summed E-state index contributed by atoms with van der Waals surface area (Å²) in [5.41, 5.74) is 2.15. The van der Waals surface area contributed by atoms with Crippen molar-refractivity contribution in [3.05, 3.63) is 23.2 Å². The lowest BCUT2D eigenvalue weighted by Crippen LogP contribution is -2.27. The minimum atomic E-state index is 0.537. The molecule has 3 rings (SSSR count). The van der Waals surface area contributed by atoms with E-state index in [-0.39, 0.29) is 0 Å². The van der Waals surface area contributed by atoms with Crippen molar-refractivity contribution in [2.75, 3.05) is 37.0 Å². The van der Waals surface area contributed by atoms with Crippen molar-refractivity contribution in [2.45, 2.75) is 26.7 Å². The zero-order valence-electron chi connectivity index (χ0n) is 15.9. The second-order valence-corrected chi connectivity index (χ2v) is 7.08. The molecule has 0 fully saturated rings. The third-order valence-electron chi connectivity index (χ3n) is 4.20. The molecule has 0 aliphatic heterocycles. The van der Waals surface area contributed by atoms with E-state index in [0.29, 0.717) is 22.4 Å². The number of benzene rings is 1. The second kappa shape index (κ2) is 8.67. The molecule has 9 heteroatoms. The van der Waals surface area contributed by atoms with Crippen LogP contribution in [-0.4, -0.2) is 46.0 Å². The van der Waals surface area contributed by atoms with Crippen molar-refractivity contribution in [1.29, 1.82) is 0 Å². The third-order valence-corrected chi connectivity index (χ3v) is 5.02. The summed E-state index contributed by atoms with van der Waals surface area (Å²) in [6.45, 7) is 6.13. The number of methoxy groups -OCH3 is 1. The largest absolute Gasteiger partial charge is 0.497 e. The fraction of sp³-hybridized carbons (Fsp3) is 0.444. The highest BCUT2D eigenvalue weighted by Gasteiger charge is 2.20. The van der Waals surface area contributed by atoms with Gasteiger partial charge in [-0.2, -0.15) is 18.7 Å². The first kappa shape index (κ1) is 19.6. The van der Waals surface area contributed by atoms with Gasteiger partial charge in [-0.25, -0.2) is 0 Å². The van der Waals surface area contributed by atoms with Crippen molar-refractivity contribution in [3.63, 3.8) is 0 Å². The van der Waals surface area contributed by atoms with Crippen LogP contribution >= 0.6 is 23.3 Å². The number of hydrogen-bond acceptors (Lipinski definition) is 8. The molecule has 0 unspecified atom stereocenters. The minimum Gasteiger partial charge on any atom is -0.497 e. The van der Waals surface area contributed by atoms with E-state index in [0.717, 1.165) is 54.7 Å². The monoisotopic (exact) mass is 406 g/mol. The maximum Gasteiger partial charge on any atom is 0.233 e. The topological polar surface area (TPSA) is 67.3 Å². The first-order valence-corrected chi connectivity index (χ1v) is 10.0. The van der Waals surface area contributed by atoms with E-state index < -0.39 is 0 Å². The van der Waals surface area contributed by atoms with Gasteiger partial charge >= 0.3 is 0 Å². The summed E-state index contributed by atoms with van der Waals surface area (Å²) < 4.78 is 14.0. The van der Waals surface area contributed by atoms with E-state index in [1.54, 1.807) is 13.2 Å². The Bertz CT molecular complexity index is 912. The number of fused-ring (bicyclic) bond motifs is 1. The van der Waals surface area contributed by atoms with Crippen LogP contribution < -0.4 is 14.5 Å². The van der Waals surface area contributed by atoms with Crippen molar-refractivity contribution in [3.8, 4) is 5.75 Å². The molecule has 0 saturated carbocycles. The van der Waals surface area contributed by atoms with Gasteiger partial charge in [0.15, 0.2) is 11.3 Å². The quantitative estimate of drug-likeness (QED) is 0.544. The van der Waals surface area contributed by atoms with E-state index in [9.17, 15) is 0 Å². The predicted octanol–water partition coefficient (Wildman–Crippen LogP) is 4.54. The molecule has 3 aromatic rings.